The van der Waals surface area contributed by atoms with Crippen LogP contribution >= 0.6 is 0 Å². The van der Waals surface area contributed by atoms with Gasteiger partial charge in [-0.25, -0.2) is 9.78 Å². The number of pyridine rings is 1. The van der Waals surface area contributed by atoms with Crippen molar-refractivity contribution in [3.05, 3.63) is 59.3 Å². The molecule has 1 aromatic heterocycles. The first-order valence-electron chi connectivity index (χ1n) is 9.78. The summed E-state index contributed by atoms with van der Waals surface area (Å²) >= 11 is 0. The number of aromatic nitrogens is 1. The van der Waals surface area contributed by atoms with Gasteiger partial charge in [-0.05, 0) is 43.5 Å². The van der Waals surface area contributed by atoms with Gasteiger partial charge in [0.05, 0.1) is 6.10 Å². The second-order valence-electron chi connectivity index (χ2n) is 7.26. The first kappa shape index (κ1) is 19.4. The van der Waals surface area contributed by atoms with Crippen LogP contribution < -0.4 is 4.90 Å². The predicted octanol–water partition coefficient (Wildman–Crippen LogP) is 3.53. The summed E-state index contributed by atoms with van der Waals surface area (Å²) < 4.78 is 5.37. The largest absolute Gasteiger partial charge is 0.459 e. The highest BCUT2D eigenvalue weighted by molar-refractivity contribution is 5.94. The molecule has 1 saturated heterocycles. The first-order valence-corrected chi connectivity index (χ1v) is 9.78. The molecule has 0 aliphatic carbocycles. The van der Waals surface area contributed by atoms with Gasteiger partial charge in [0.15, 0.2) is 0 Å². The van der Waals surface area contributed by atoms with Crippen LogP contribution in [0.4, 0.5) is 5.82 Å². The average molecular weight is 367 g/mol. The van der Waals surface area contributed by atoms with E-state index in [1.54, 1.807) is 18.3 Å². The summed E-state index contributed by atoms with van der Waals surface area (Å²) in [5, 5.41) is 0. The monoisotopic (exact) mass is 367 g/mol. The molecule has 1 aliphatic rings. The number of benzene rings is 1. The number of piperazine rings is 1. The number of carbonyl (C=O) groups excluding carboxylic acids is 1. The fourth-order valence-corrected chi connectivity index (χ4v) is 3.34. The van der Waals surface area contributed by atoms with E-state index >= 15 is 0 Å². The van der Waals surface area contributed by atoms with Crippen LogP contribution in [0.3, 0.4) is 0 Å². The number of rotatable bonds is 6. The van der Waals surface area contributed by atoms with Crippen molar-refractivity contribution < 1.29 is 9.53 Å². The average Bonchev–Trinajstić information content (AvgIpc) is 2.69. The predicted molar refractivity (Wildman–Crippen MR) is 108 cm³/mol. The van der Waals surface area contributed by atoms with Crippen molar-refractivity contribution in [2.24, 2.45) is 0 Å². The number of carbonyl (C=O) groups is 1. The topological polar surface area (TPSA) is 45.7 Å². The Morgan fingerprint density at radius 1 is 1.07 bits per heavy atom. The number of aryl methyl sites for hydroxylation is 1. The van der Waals surface area contributed by atoms with Crippen molar-refractivity contribution in [2.75, 3.05) is 31.1 Å². The zero-order chi connectivity index (χ0) is 19.2. The summed E-state index contributed by atoms with van der Waals surface area (Å²) in [6.45, 7) is 10.5. The molecule has 5 nitrogen and oxygen atoms in total. The summed E-state index contributed by atoms with van der Waals surface area (Å²) in [4.78, 5) is 21.5. The molecule has 2 aromatic rings. The molecule has 5 heteroatoms. The summed E-state index contributed by atoms with van der Waals surface area (Å²) in [6, 6.07) is 12.5. The van der Waals surface area contributed by atoms with Gasteiger partial charge in [-0.3, -0.25) is 4.90 Å². The minimum Gasteiger partial charge on any atom is -0.459 e. The molecule has 0 amide bonds. The smallest absolute Gasteiger partial charge is 0.342 e. The lowest BCUT2D eigenvalue weighted by Gasteiger charge is -2.36. The highest BCUT2D eigenvalue weighted by Crippen LogP contribution is 2.21. The lowest BCUT2D eigenvalue weighted by Crippen LogP contribution is -2.46. The SMILES string of the molecule is CCc1ccc(CN2CCN(c3ncccc3C(=O)OC(C)C)CC2)cc1. The Morgan fingerprint density at radius 3 is 2.37 bits per heavy atom. The number of anilines is 1. The van der Waals surface area contributed by atoms with Crippen LogP contribution in [0.25, 0.3) is 0 Å². The van der Waals surface area contributed by atoms with Gasteiger partial charge in [-0.2, -0.15) is 0 Å². The lowest BCUT2D eigenvalue weighted by molar-refractivity contribution is 0.0378. The minimum atomic E-state index is -0.299. The van der Waals surface area contributed by atoms with Crippen LogP contribution in [0.5, 0.6) is 0 Å². The highest BCUT2D eigenvalue weighted by Gasteiger charge is 2.23. The van der Waals surface area contributed by atoms with E-state index in [9.17, 15) is 4.79 Å². The molecule has 2 heterocycles. The first-order chi connectivity index (χ1) is 13.1. The van der Waals surface area contributed by atoms with E-state index in [4.69, 9.17) is 4.74 Å². The number of hydrogen-bond donors (Lipinski definition) is 0. The Balaban J connectivity index is 1.61. The van der Waals surface area contributed by atoms with Gasteiger partial charge < -0.3 is 9.64 Å². The van der Waals surface area contributed by atoms with E-state index in [0.29, 0.717) is 5.56 Å². The van der Waals surface area contributed by atoms with Crippen LogP contribution in [-0.2, 0) is 17.7 Å². The summed E-state index contributed by atoms with van der Waals surface area (Å²) in [5.74, 6) is 0.432. The van der Waals surface area contributed by atoms with Crippen LogP contribution in [0.1, 0.15) is 42.3 Å². The van der Waals surface area contributed by atoms with Crippen LogP contribution in [-0.4, -0.2) is 48.1 Å². The maximum absolute atomic E-state index is 12.4. The van der Waals surface area contributed by atoms with Crippen LogP contribution in [0.15, 0.2) is 42.6 Å². The molecule has 1 aromatic carbocycles. The van der Waals surface area contributed by atoms with Gasteiger partial charge in [0.2, 0.25) is 0 Å². The van der Waals surface area contributed by atoms with Gasteiger partial charge in [0.25, 0.3) is 0 Å². The molecule has 0 unspecified atom stereocenters. The van der Waals surface area contributed by atoms with Gasteiger partial charge in [-0.1, -0.05) is 31.2 Å². The molecular weight excluding hydrogens is 338 g/mol. The van der Waals surface area contributed by atoms with E-state index in [1.165, 1.54) is 11.1 Å². The number of ether oxygens (including phenoxy) is 1. The molecule has 27 heavy (non-hydrogen) atoms. The Hall–Kier alpha value is -2.40. The summed E-state index contributed by atoms with van der Waals surface area (Å²) in [6.07, 6.45) is 2.68. The Kier molecular flexibility index (Phi) is 6.45. The number of hydrogen-bond acceptors (Lipinski definition) is 5. The molecule has 0 atom stereocenters. The fourth-order valence-electron chi connectivity index (χ4n) is 3.34. The van der Waals surface area contributed by atoms with Crippen molar-refractivity contribution in [1.29, 1.82) is 0 Å². The van der Waals surface area contributed by atoms with Crippen molar-refractivity contribution in [1.82, 2.24) is 9.88 Å². The minimum absolute atomic E-state index is 0.137. The molecular formula is C22H29N3O2. The van der Waals surface area contributed by atoms with Crippen molar-refractivity contribution in [3.63, 3.8) is 0 Å². The maximum atomic E-state index is 12.4. The molecule has 3 rings (SSSR count). The molecule has 0 N–H and O–H groups in total. The highest BCUT2D eigenvalue weighted by atomic mass is 16.5. The zero-order valence-corrected chi connectivity index (χ0v) is 16.5. The van der Waals surface area contributed by atoms with E-state index in [0.717, 1.165) is 45.0 Å². The van der Waals surface area contributed by atoms with Crippen LogP contribution in [0, 0.1) is 0 Å². The third-order valence-electron chi connectivity index (χ3n) is 4.86. The van der Waals surface area contributed by atoms with Crippen molar-refractivity contribution in [2.45, 2.75) is 39.8 Å². The molecule has 0 spiro atoms. The maximum Gasteiger partial charge on any atom is 0.342 e. The second kappa shape index (κ2) is 9.00. The van der Waals surface area contributed by atoms with Gasteiger partial charge in [0.1, 0.15) is 11.4 Å². The third-order valence-corrected chi connectivity index (χ3v) is 4.86. The van der Waals surface area contributed by atoms with Crippen LogP contribution in [0.2, 0.25) is 0 Å². The molecule has 1 fully saturated rings. The second-order valence-corrected chi connectivity index (χ2v) is 7.26. The molecule has 0 radical (unpaired) electrons. The Bertz CT molecular complexity index is 750. The molecule has 1 aliphatic heterocycles. The van der Waals surface area contributed by atoms with Gasteiger partial charge in [-0.15, -0.1) is 0 Å². The third kappa shape index (κ3) is 5.07. The molecule has 0 saturated carbocycles. The zero-order valence-electron chi connectivity index (χ0n) is 16.5. The molecule has 0 bridgehead atoms. The van der Waals surface area contributed by atoms with Gasteiger partial charge >= 0.3 is 5.97 Å². The van der Waals surface area contributed by atoms with E-state index < -0.39 is 0 Å². The van der Waals surface area contributed by atoms with Gasteiger partial charge in [0, 0.05) is 38.9 Å². The van der Waals surface area contributed by atoms with E-state index in [-0.39, 0.29) is 12.1 Å². The fraction of sp³-hybridized carbons (Fsp3) is 0.455. The van der Waals surface area contributed by atoms with E-state index in [1.807, 2.05) is 13.8 Å². The van der Waals surface area contributed by atoms with Crippen molar-refractivity contribution >= 4 is 11.8 Å². The lowest BCUT2D eigenvalue weighted by atomic mass is 10.1. The number of esters is 1. The Morgan fingerprint density at radius 2 is 1.74 bits per heavy atom. The Labute approximate surface area is 162 Å². The number of nitrogens with zero attached hydrogens (tertiary/aromatic N) is 3. The summed E-state index contributed by atoms with van der Waals surface area (Å²) in [5.41, 5.74) is 3.27. The van der Waals surface area contributed by atoms with E-state index in [2.05, 4.69) is 46.0 Å². The summed E-state index contributed by atoms with van der Waals surface area (Å²) in [7, 11) is 0. The van der Waals surface area contributed by atoms with Crippen molar-refractivity contribution in [3.8, 4) is 0 Å². The normalized spacial score (nSPS) is 15.2. The standard InChI is InChI=1S/C22H29N3O2/c1-4-18-7-9-19(10-8-18)16-24-12-14-25(15-13-24)21-20(6-5-11-23-21)22(26)27-17(2)3/h5-11,17H,4,12-16H2,1-3H3. The quantitative estimate of drug-likeness (QED) is 0.731. The molecule has 144 valence electrons.